The highest BCUT2D eigenvalue weighted by molar-refractivity contribution is 5.83. The summed E-state index contributed by atoms with van der Waals surface area (Å²) < 4.78 is 0. The second-order valence-corrected chi connectivity index (χ2v) is 4.61. The Balaban J connectivity index is 1.93. The summed E-state index contributed by atoms with van der Waals surface area (Å²) in [6.45, 7) is 1.99. The van der Waals surface area contributed by atoms with Crippen molar-refractivity contribution < 1.29 is 14.7 Å². The molecule has 2 saturated heterocycles. The van der Waals surface area contributed by atoms with Crippen LogP contribution in [0.25, 0.3) is 0 Å². The van der Waals surface area contributed by atoms with E-state index in [1.165, 1.54) is 0 Å². The van der Waals surface area contributed by atoms with Gasteiger partial charge in [0.25, 0.3) is 0 Å². The van der Waals surface area contributed by atoms with E-state index < -0.39 is 5.97 Å². The van der Waals surface area contributed by atoms with Crippen LogP contribution in [0, 0.1) is 5.92 Å². The van der Waals surface area contributed by atoms with Crippen molar-refractivity contribution in [3.63, 3.8) is 0 Å². The zero-order valence-corrected chi connectivity index (χ0v) is 9.32. The van der Waals surface area contributed by atoms with Crippen LogP contribution in [0.3, 0.4) is 0 Å². The summed E-state index contributed by atoms with van der Waals surface area (Å²) in [5.74, 6) is -1.07. The zero-order valence-electron chi connectivity index (χ0n) is 9.32. The molecule has 2 aliphatic rings. The second kappa shape index (κ2) is 4.82. The van der Waals surface area contributed by atoms with Crippen LogP contribution in [-0.2, 0) is 9.59 Å². The maximum atomic E-state index is 12.0. The number of rotatable bonds is 2. The molecule has 2 rings (SSSR count). The number of amides is 1. The van der Waals surface area contributed by atoms with Crippen molar-refractivity contribution in [2.24, 2.45) is 5.92 Å². The first-order valence-electron chi connectivity index (χ1n) is 5.93. The summed E-state index contributed by atoms with van der Waals surface area (Å²) >= 11 is 0. The molecule has 2 fully saturated rings. The average molecular weight is 226 g/mol. The van der Waals surface area contributed by atoms with Gasteiger partial charge >= 0.3 is 5.97 Å². The smallest absolute Gasteiger partial charge is 0.308 e. The minimum atomic E-state index is -0.781. The van der Waals surface area contributed by atoms with Gasteiger partial charge in [-0.2, -0.15) is 0 Å². The van der Waals surface area contributed by atoms with Crippen molar-refractivity contribution in [1.29, 1.82) is 0 Å². The van der Waals surface area contributed by atoms with Gasteiger partial charge in [-0.05, 0) is 32.2 Å². The van der Waals surface area contributed by atoms with Crippen molar-refractivity contribution in [1.82, 2.24) is 10.2 Å². The standard InChI is InChI=1S/C11H18N2O3/c14-10(9-4-1-5-12-9)13-6-2-3-8(7-13)11(15)16/h8-9,12H,1-7H2,(H,15,16)/t8-,9-/m0/s1. The number of carboxylic acid groups (broad SMARTS) is 1. The van der Waals surface area contributed by atoms with Gasteiger partial charge in [0, 0.05) is 13.1 Å². The first kappa shape index (κ1) is 11.4. The minimum absolute atomic E-state index is 0.0763. The van der Waals surface area contributed by atoms with Gasteiger partial charge in [0.05, 0.1) is 12.0 Å². The fourth-order valence-corrected chi connectivity index (χ4v) is 2.49. The van der Waals surface area contributed by atoms with E-state index in [1.807, 2.05) is 0 Å². The number of carboxylic acids is 1. The molecule has 5 nitrogen and oxygen atoms in total. The quantitative estimate of drug-likeness (QED) is 0.698. The number of hydrogen-bond donors (Lipinski definition) is 2. The Morgan fingerprint density at radius 1 is 1.25 bits per heavy atom. The summed E-state index contributed by atoms with van der Waals surface area (Å²) in [7, 11) is 0. The number of piperidine rings is 1. The maximum Gasteiger partial charge on any atom is 0.308 e. The molecule has 0 bridgehead atoms. The van der Waals surface area contributed by atoms with Crippen molar-refractivity contribution in [2.45, 2.75) is 31.7 Å². The summed E-state index contributed by atoms with van der Waals surface area (Å²) in [4.78, 5) is 24.6. The molecule has 2 aliphatic heterocycles. The van der Waals surface area contributed by atoms with Gasteiger partial charge in [0.2, 0.25) is 5.91 Å². The van der Waals surface area contributed by atoms with E-state index in [0.29, 0.717) is 19.5 Å². The van der Waals surface area contributed by atoms with Gasteiger partial charge in [-0.3, -0.25) is 9.59 Å². The van der Waals surface area contributed by atoms with Gasteiger partial charge < -0.3 is 15.3 Å². The van der Waals surface area contributed by atoms with Crippen LogP contribution in [0.2, 0.25) is 0 Å². The molecule has 0 aliphatic carbocycles. The largest absolute Gasteiger partial charge is 0.481 e. The van der Waals surface area contributed by atoms with E-state index in [1.54, 1.807) is 4.90 Å². The lowest BCUT2D eigenvalue weighted by atomic mass is 9.97. The molecule has 0 unspecified atom stereocenters. The molecule has 1 amide bonds. The van der Waals surface area contributed by atoms with Gasteiger partial charge in [-0.15, -0.1) is 0 Å². The molecule has 0 saturated carbocycles. The molecule has 2 heterocycles. The summed E-state index contributed by atoms with van der Waals surface area (Å²) in [5.41, 5.74) is 0. The normalized spacial score (nSPS) is 30.4. The van der Waals surface area contributed by atoms with Crippen LogP contribution in [0.1, 0.15) is 25.7 Å². The van der Waals surface area contributed by atoms with Crippen molar-refractivity contribution in [3.05, 3.63) is 0 Å². The Labute approximate surface area is 94.8 Å². The number of likely N-dealkylation sites (tertiary alicyclic amines) is 1. The lowest BCUT2D eigenvalue weighted by Crippen LogP contribution is -2.49. The molecule has 0 spiro atoms. The Morgan fingerprint density at radius 3 is 2.69 bits per heavy atom. The van der Waals surface area contributed by atoms with Crippen molar-refractivity contribution in [2.75, 3.05) is 19.6 Å². The topological polar surface area (TPSA) is 69.6 Å². The molecule has 5 heteroatoms. The molecule has 2 N–H and O–H groups in total. The number of hydrogen-bond acceptors (Lipinski definition) is 3. The third-order valence-corrected chi connectivity index (χ3v) is 3.44. The van der Waals surface area contributed by atoms with Crippen LogP contribution in [-0.4, -0.2) is 47.6 Å². The van der Waals surface area contributed by atoms with Gasteiger partial charge in [0.15, 0.2) is 0 Å². The highest BCUT2D eigenvalue weighted by atomic mass is 16.4. The highest BCUT2D eigenvalue weighted by Gasteiger charge is 2.32. The van der Waals surface area contributed by atoms with Crippen LogP contribution < -0.4 is 5.32 Å². The van der Waals surface area contributed by atoms with E-state index >= 15 is 0 Å². The molecular formula is C11H18N2O3. The number of aliphatic carboxylic acids is 1. The minimum Gasteiger partial charge on any atom is -0.481 e. The first-order chi connectivity index (χ1) is 7.68. The predicted octanol–water partition coefficient (Wildman–Crippen LogP) is 0.0616. The third kappa shape index (κ3) is 2.35. The predicted molar refractivity (Wildman–Crippen MR) is 58.0 cm³/mol. The zero-order chi connectivity index (χ0) is 11.5. The fourth-order valence-electron chi connectivity index (χ4n) is 2.49. The number of nitrogens with zero attached hydrogens (tertiary/aromatic N) is 1. The lowest BCUT2D eigenvalue weighted by molar-refractivity contribution is -0.146. The van der Waals surface area contributed by atoms with E-state index in [2.05, 4.69) is 5.32 Å². The van der Waals surface area contributed by atoms with Gasteiger partial charge in [-0.25, -0.2) is 0 Å². The summed E-state index contributed by atoms with van der Waals surface area (Å²) in [6.07, 6.45) is 3.41. The Morgan fingerprint density at radius 2 is 2.06 bits per heavy atom. The molecule has 0 aromatic carbocycles. The number of carbonyl (C=O) groups is 2. The van der Waals surface area contributed by atoms with E-state index in [-0.39, 0.29) is 17.9 Å². The molecular weight excluding hydrogens is 208 g/mol. The van der Waals surface area contributed by atoms with E-state index in [0.717, 1.165) is 25.8 Å². The molecule has 16 heavy (non-hydrogen) atoms. The van der Waals surface area contributed by atoms with Gasteiger partial charge in [-0.1, -0.05) is 0 Å². The molecule has 2 atom stereocenters. The highest BCUT2D eigenvalue weighted by Crippen LogP contribution is 2.19. The Hall–Kier alpha value is -1.10. The maximum absolute atomic E-state index is 12.0. The Bertz CT molecular complexity index is 287. The van der Waals surface area contributed by atoms with E-state index in [4.69, 9.17) is 5.11 Å². The van der Waals surface area contributed by atoms with Crippen molar-refractivity contribution >= 4 is 11.9 Å². The first-order valence-corrected chi connectivity index (χ1v) is 5.93. The van der Waals surface area contributed by atoms with Crippen LogP contribution >= 0.6 is 0 Å². The fraction of sp³-hybridized carbons (Fsp3) is 0.818. The number of carbonyl (C=O) groups excluding carboxylic acids is 1. The molecule has 0 radical (unpaired) electrons. The summed E-state index contributed by atoms with van der Waals surface area (Å²) in [5, 5.41) is 12.1. The van der Waals surface area contributed by atoms with Crippen LogP contribution in [0.15, 0.2) is 0 Å². The molecule has 90 valence electrons. The average Bonchev–Trinajstić information content (AvgIpc) is 2.81. The molecule has 0 aromatic rings. The third-order valence-electron chi connectivity index (χ3n) is 3.44. The monoisotopic (exact) mass is 226 g/mol. The Kier molecular flexibility index (Phi) is 3.43. The second-order valence-electron chi connectivity index (χ2n) is 4.61. The van der Waals surface area contributed by atoms with Crippen molar-refractivity contribution in [3.8, 4) is 0 Å². The number of nitrogens with one attached hydrogen (secondary N) is 1. The molecule has 0 aromatic heterocycles. The van der Waals surface area contributed by atoms with E-state index in [9.17, 15) is 9.59 Å². The summed E-state index contributed by atoms with van der Waals surface area (Å²) in [6, 6.07) is -0.0763. The van der Waals surface area contributed by atoms with Crippen LogP contribution in [0.4, 0.5) is 0 Å². The van der Waals surface area contributed by atoms with Crippen LogP contribution in [0.5, 0.6) is 0 Å². The SMILES string of the molecule is O=C(O)[C@H]1CCCN(C(=O)[C@@H]2CCCN2)C1. The van der Waals surface area contributed by atoms with Gasteiger partial charge in [0.1, 0.15) is 0 Å². The lowest BCUT2D eigenvalue weighted by Gasteiger charge is -2.32.